The number of thiophene rings is 1. The van der Waals surface area contributed by atoms with E-state index in [-0.39, 0.29) is 15.5 Å². The molecule has 2 amide bonds. The quantitative estimate of drug-likeness (QED) is 0.549. The van der Waals surface area contributed by atoms with Gasteiger partial charge in [-0.3, -0.25) is 0 Å². The summed E-state index contributed by atoms with van der Waals surface area (Å²) in [7, 11) is -2.60. The maximum absolute atomic E-state index is 12.9. The Hall–Kier alpha value is -2.37. The average Bonchev–Trinajstić information content (AvgIpc) is 3.15. The van der Waals surface area contributed by atoms with E-state index in [0.717, 1.165) is 11.3 Å². The van der Waals surface area contributed by atoms with E-state index in [0.29, 0.717) is 21.7 Å². The molecule has 1 aliphatic heterocycles. The molecule has 1 aromatic heterocycles. The van der Waals surface area contributed by atoms with Gasteiger partial charge in [0.15, 0.2) is 9.84 Å². The molecule has 1 atom stereocenters. The first-order valence-corrected chi connectivity index (χ1v) is 12.1. The summed E-state index contributed by atoms with van der Waals surface area (Å²) in [6.07, 6.45) is 0. The molecule has 2 N–H and O–H groups in total. The first-order valence-electron chi connectivity index (χ1n) is 8.85. The lowest BCUT2D eigenvalue weighted by Gasteiger charge is -2.29. The Kier molecular flexibility index (Phi) is 6.84. The lowest BCUT2D eigenvalue weighted by molar-refractivity contribution is -0.136. The highest BCUT2D eigenvalue weighted by Gasteiger charge is 2.35. The van der Waals surface area contributed by atoms with Crippen LogP contribution in [0.5, 0.6) is 5.75 Å². The second-order valence-electron chi connectivity index (χ2n) is 6.23. The lowest BCUT2D eigenvalue weighted by atomic mass is 9.95. The number of ether oxygens (including phenoxy) is 2. The zero-order chi connectivity index (χ0) is 21.9. The summed E-state index contributed by atoms with van der Waals surface area (Å²) in [6.45, 7) is 2.36. The molecule has 2 heterocycles. The topological polar surface area (TPSA) is 111 Å². The van der Waals surface area contributed by atoms with Crippen LogP contribution < -0.4 is 15.4 Å². The molecule has 0 fully saturated rings. The third kappa shape index (κ3) is 4.85. The molecule has 0 bridgehead atoms. The summed E-state index contributed by atoms with van der Waals surface area (Å²) in [5.41, 5.74) is 0.594. The van der Waals surface area contributed by atoms with Crippen LogP contribution in [-0.4, -0.2) is 39.9 Å². The van der Waals surface area contributed by atoms with E-state index in [4.69, 9.17) is 9.47 Å². The molecule has 0 unspecified atom stereocenters. The van der Waals surface area contributed by atoms with Gasteiger partial charge in [0.25, 0.3) is 0 Å². The molecule has 1 aliphatic rings. The third-order valence-electron chi connectivity index (χ3n) is 4.27. The molecule has 0 saturated heterocycles. The Labute approximate surface area is 186 Å². The smallest absolute Gasteiger partial charge is 0.338 e. The molecule has 0 spiro atoms. The first kappa shape index (κ1) is 22.3. The van der Waals surface area contributed by atoms with Crippen LogP contribution in [0.25, 0.3) is 0 Å². The van der Waals surface area contributed by atoms with Gasteiger partial charge in [0.2, 0.25) is 0 Å². The lowest BCUT2D eigenvalue weighted by Crippen LogP contribution is -2.47. The SMILES string of the molecule is CCOc1ccc([C@H]2NC(=O)NC(CS(=O)(=O)c3ccc(Br)s3)=C2C(=O)OC)cc1. The van der Waals surface area contributed by atoms with Gasteiger partial charge in [0.05, 0.1) is 34.9 Å². The average molecular weight is 515 g/mol. The summed E-state index contributed by atoms with van der Waals surface area (Å²) in [6, 6.07) is 8.43. The van der Waals surface area contributed by atoms with E-state index in [2.05, 4.69) is 26.6 Å². The van der Waals surface area contributed by atoms with E-state index in [1.807, 2.05) is 6.92 Å². The van der Waals surface area contributed by atoms with Crippen molar-refractivity contribution < 1.29 is 27.5 Å². The van der Waals surface area contributed by atoms with Gasteiger partial charge in [-0.1, -0.05) is 12.1 Å². The molecule has 160 valence electrons. The number of halogens is 1. The van der Waals surface area contributed by atoms with Crippen molar-refractivity contribution in [2.75, 3.05) is 19.5 Å². The Morgan fingerprint density at radius 3 is 2.47 bits per heavy atom. The van der Waals surface area contributed by atoms with E-state index in [1.165, 1.54) is 13.2 Å². The van der Waals surface area contributed by atoms with Gasteiger partial charge in [-0.15, -0.1) is 11.3 Å². The van der Waals surface area contributed by atoms with Crippen molar-refractivity contribution in [1.29, 1.82) is 0 Å². The van der Waals surface area contributed by atoms with E-state index in [1.54, 1.807) is 30.3 Å². The summed E-state index contributed by atoms with van der Waals surface area (Å²) in [5.74, 6) is -0.652. The van der Waals surface area contributed by atoms with Crippen molar-refractivity contribution in [3.63, 3.8) is 0 Å². The maximum Gasteiger partial charge on any atom is 0.338 e. The summed E-state index contributed by atoms with van der Waals surface area (Å²) in [4.78, 5) is 24.8. The number of carbonyl (C=O) groups is 2. The Balaban J connectivity index is 2.04. The Bertz CT molecular complexity index is 1090. The molecule has 0 saturated carbocycles. The number of rotatable bonds is 7. The Morgan fingerprint density at radius 2 is 1.90 bits per heavy atom. The van der Waals surface area contributed by atoms with E-state index < -0.39 is 33.6 Å². The monoisotopic (exact) mass is 514 g/mol. The van der Waals surface area contributed by atoms with Gasteiger partial charge in [-0.25, -0.2) is 18.0 Å². The zero-order valence-electron chi connectivity index (χ0n) is 16.1. The first-order chi connectivity index (χ1) is 14.2. The predicted molar refractivity (Wildman–Crippen MR) is 115 cm³/mol. The fourth-order valence-corrected chi connectivity index (χ4v) is 6.40. The van der Waals surface area contributed by atoms with Crippen LogP contribution in [0.15, 0.2) is 55.7 Å². The van der Waals surface area contributed by atoms with Crippen molar-refractivity contribution in [2.24, 2.45) is 0 Å². The molecule has 3 rings (SSSR count). The second-order valence-corrected chi connectivity index (χ2v) is 10.9. The molecule has 2 aromatic rings. The molecular weight excluding hydrogens is 496 g/mol. The van der Waals surface area contributed by atoms with Crippen molar-refractivity contribution in [1.82, 2.24) is 10.6 Å². The number of nitrogens with one attached hydrogen (secondary N) is 2. The van der Waals surface area contributed by atoms with Gasteiger partial charge in [-0.05, 0) is 52.7 Å². The van der Waals surface area contributed by atoms with Gasteiger partial charge in [0, 0.05) is 5.70 Å². The minimum absolute atomic E-state index is 0.0194. The number of esters is 1. The van der Waals surface area contributed by atoms with Crippen LogP contribution in [0.4, 0.5) is 4.79 Å². The van der Waals surface area contributed by atoms with Crippen LogP contribution >= 0.6 is 27.3 Å². The maximum atomic E-state index is 12.9. The highest BCUT2D eigenvalue weighted by Crippen LogP contribution is 2.32. The predicted octanol–water partition coefficient (Wildman–Crippen LogP) is 3.16. The minimum Gasteiger partial charge on any atom is -0.494 e. The van der Waals surface area contributed by atoms with Gasteiger partial charge >= 0.3 is 12.0 Å². The number of benzene rings is 1. The number of carbonyl (C=O) groups excluding carboxylic acids is 2. The van der Waals surface area contributed by atoms with Crippen molar-refractivity contribution in [3.8, 4) is 5.75 Å². The minimum atomic E-state index is -3.80. The summed E-state index contributed by atoms with van der Waals surface area (Å²) in [5, 5.41) is 5.12. The second kappa shape index (κ2) is 9.19. The fraction of sp³-hybridized carbons (Fsp3) is 0.263. The van der Waals surface area contributed by atoms with Crippen LogP contribution in [-0.2, 0) is 19.4 Å². The van der Waals surface area contributed by atoms with Gasteiger partial charge in [-0.2, -0.15) is 0 Å². The van der Waals surface area contributed by atoms with Crippen LogP contribution in [0.1, 0.15) is 18.5 Å². The highest BCUT2D eigenvalue weighted by atomic mass is 79.9. The normalized spacial score (nSPS) is 16.6. The van der Waals surface area contributed by atoms with E-state index in [9.17, 15) is 18.0 Å². The fourth-order valence-electron chi connectivity index (χ4n) is 2.98. The number of amides is 2. The molecule has 8 nitrogen and oxygen atoms in total. The van der Waals surface area contributed by atoms with Crippen LogP contribution in [0.2, 0.25) is 0 Å². The van der Waals surface area contributed by atoms with E-state index >= 15 is 0 Å². The van der Waals surface area contributed by atoms with Crippen molar-refractivity contribution in [3.05, 3.63) is 57.0 Å². The molecule has 11 heteroatoms. The molecule has 0 aliphatic carbocycles. The van der Waals surface area contributed by atoms with Crippen molar-refractivity contribution in [2.45, 2.75) is 17.2 Å². The van der Waals surface area contributed by atoms with Gasteiger partial charge < -0.3 is 20.1 Å². The molecular formula is C19H19BrN2O6S2. The molecule has 30 heavy (non-hydrogen) atoms. The molecule has 0 radical (unpaired) electrons. The highest BCUT2D eigenvalue weighted by molar-refractivity contribution is 9.11. The van der Waals surface area contributed by atoms with Crippen LogP contribution in [0.3, 0.4) is 0 Å². The third-order valence-corrected chi connectivity index (χ3v) is 8.12. The number of urea groups is 1. The largest absolute Gasteiger partial charge is 0.494 e. The summed E-state index contributed by atoms with van der Waals surface area (Å²) < 4.78 is 36.8. The number of methoxy groups -OCH3 is 1. The number of hydrogen-bond acceptors (Lipinski definition) is 7. The van der Waals surface area contributed by atoms with Crippen LogP contribution in [0, 0.1) is 0 Å². The standard InChI is InChI=1S/C19H19BrN2O6S2/c1-3-28-12-6-4-11(5-7-12)17-16(18(23)27-2)13(21-19(24)22-17)10-30(25,26)15-9-8-14(20)29-15/h4-9,17H,3,10H2,1-2H3,(H2,21,22,24)/t17-/m1/s1. The number of hydrogen-bond donors (Lipinski definition) is 2. The Morgan fingerprint density at radius 1 is 1.20 bits per heavy atom. The molecule has 1 aromatic carbocycles. The van der Waals surface area contributed by atoms with Gasteiger partial charge in [0.1, 0.15) is 9.96 Å². The summed E-state index contributed by atoms with van der Waals surface area (Å²) >= 11 is 4.29. The zero-order valence-corrected chi connectivity index (χ0v) is 19.3. The number of sulfone groups is 1. The van der Waals surface area contributed by atoms with Crippen molar-refractivity contribution >= 4 is 49.1 Å².